The van der Waals surface area contributed by atoms with Crippen molar-refractivity contribution in [1.29, 1.82) is 0 Å². The smallest absolute Gasteiger partial charge is 0.878 e. The van der Waals surface area contributed by atoms with Gasteiger partial charge in [-0.15, -0.1) is 6.26 Å². The SMILES string of the molecule is CCn1nc(C)c(C(=O)C=C[O-])c1C.[Na+]. The first kappa shape index (κ1) is 14.4. The summed E-state index contributed by atoms with van der Waals surface area (Å²) in [6.45, 7) is 6.28. The zero-order chi connectivity index (χ0) is 10.7. The predicted octanol–water partition coefficient (Wildman–Crippen LogP) is -2.42. The molecule has 0 atom stereocenters. The second kappa shape index (κ2) is 6.10. The molecule has 1 aromatic heterocycles. The molecule has 1 heterocycles. The zero-order valence-corrected chi connectivity index (χ0v) is 11.6. The van der Waals surface area contributed by atoms with Crippen LogP contribution in [0, 0.1) is 13.8 Å². The predicted molar refractivity (Wildman–Crippen MR) is 50.8 cm³/mol. The Morgan fingerprint density at radius 3 is 2.53 bits per heavy atom. The molecule has 0 radical (unpaired) electrons. The minimum absolute atomic E-state index is 0. The van der Waals surface area contributed by atoms with Crippen molar-refractivity contribution in [2.24, 2.45) is 0 Å². The molecule has 0 fully saturated rings. The fourth-order valence-electron chi connectivity index (χ4n) is 1.51. The van der Waals surface area contributed by atoms with Crippen LogP contribution in [0.5, 0.6) is 0 Å². The molecule has 4 nitrogen and oxygen atoms in total. The standard InChI is InChI=1S/C10H14N2O2.Na/c1-4-12-8(3)10(7(2)11-12)9(14)5-6-13;/h5-6,13H,4H2,1-3H3;/q;+1/p-1. The average molecular weight is 216 g/mol. The van der Waals surface area contributed by atoms with E-state index in [0.29, 0.717) is 17.5 Å². The van der Waals surface area contributed by atoms with Crippen LogP contribution in [0.1, 0.15) is 28.7 Å². The zero-order valence-electron chi connectivity index (χ0n) is 9.57. The summed E-state index contributed by atoms with van der Waals surface area (Å²) in [5.41, 5.74) is 2.03. The van der Waals surface area contributed by atoms with Crippen LogP contribution in [0.4, 0.5) is 0 Å². The van der Waals surface area contributed by atoms with Crippen molar-refractivity contribution in [2.45, 2.75) is 27.3 Å². The van der Waals surface area contributed by atoms with Crippen LogP contribution >= 0.6 is 0 Å². The van der Waals surface area contributed by atoms with Gasteiger partial charge in [-0.05, 0) is 26.8 Å². The van der Waals surface area contributed by atoms with Gasteiger partial charge in [-0.2, -0.15) is 5.10 Å². The summed E-state index contributed by atoms with van der Waals surface area (Å²) in [6, 6.07) is 0. The number of allylic oxidation sites excluding steroid dienone is 1. The number of carbonyl (C=O) groups excluding carboxylic acids is 1. The van der Waals surface area contributed by atoms with Crippen molar-refractivity contribution < 1.29 is 39.5 Å². The molecule has 0 spiro atoms. The summed E-state index contributed by atoms with van der Waals surface area (Å²) < 4.78 is 1.75. The Labute approximate surface area is 111 Å². The van der Waals surface area contributed by atoms with E-state index in [9.17, 15) is 9.90 Å². The van der Waals surface area contributed by atoms with Crippen molar-refractivity contribution >= 4 is 5.78 Å². The normalized spacial score (nSPS) is 10.3. The summed E-state index contributed by atoms with van der Waals surface area (Å²) in [7, 11) is 0. The summed E-state index contributed by atoms with van der Waals surface area (Å²) in [5, 5.41) is 14.4. The average Bonchev–Trinajstić information content (AvgIpc) is 2.41. The van der Waals surface area contributed by atoms with Crippen LogP contribution in [0.3, 0.4) is 0 Å². The minimum atomic E-state index is -0.269. The molecule has 0 aliphatic rings. The molecule has 5 heteroatoms. The molecule has 76 valence electrons. The molecule has 15 heavy (non-hydrogen) atoms. The number of hydrogen-bond donors (Lipinski definition) is 0. The van der Waals surface area contributed by atoms with Gasteiger partial charge in [-0.25, -0.2) is 0 Å². The Morgan fingerprint density at radius 2 is 2.13 bits per heavy atom. The van der Waals surface area contributed by atoms with E-state index in [4.69, 9.17) is 0 Å². The van der Waals surface area contributed by atoms with Gasteiger partial charge in [-0.1, -0.05) is 0 Å². The van der Waals surface area contributed by atoms with Gasteiger partial charge in [0.2, 0.25) is 0 Å². The number of rotatable bonds is 3. The Kier molecular flexibility index (Phi) is 5.87. The molecule has 0 bridgehead atoms. The summed E-state index contributed by atoms with van der Waals surface area (Å²) in [6.07, 6.45) is 1.53. The first-order valence-electron chi connectivity index (χ1n) is 4.48. The Bertz CT molecular complexity index is 383. The molecule has 0 unspecified atom stereocenters. The number of nitrogens with zero attached hydrogens (tertiary/aromatic N) is 2. The van der Waals surface area contributed by atoms with Gasteiger partial charge in [-0.3, -0.25) is 9.48 Å². The number of ketones is 1. The van der Waals surface area contributed by atoms with Crippen molar-refractivity contribution in [3.8, 4) is 0 Å². The maximum atomic E-state index is 11.5. The number of aryl methyl sites for hydroxylation is 2. The summed E-state index contributed by atoms with van der Waals surface area (Å²) >= 11 is 0. The number of aromatic nitrogens is 2. The first-order chi connectivity index (χ1) is 6.61. The van der Waals surface area contributed by atoms with Gasteiger partial charge < -0.3 is 5.11 Å². The molecular weight excluding hydrogens is 203 g/mol. The van der Waals surface area contributed by atoms with Crippen molar-refractivity contribution in [3.63, 3.8) is 0 Å². The van der Waals surface area contributed by atoms with E-state index in [1.807, 2.05) is 13.8 Å². The van der Waals surface area contributed by atoms with Gasteiger partial charge in [0.25, 0.3) is 0 Å². The first-order valence-corrected chi connectivity index (χ1v) is 4.48. The maximum absolute atomic E-state index is 11.5. The monoisotopic (exact) mass is 216 g/mol. The van der Waals surface area contributed by atoms with Crippen molar-refractivity contribution in [3.05, 3.63) is 29.3 Å². The molecule has 0 aromatic carbocycles. The van der Waals surface area contributed by atoms with E-state index in [2.05, 4.69) is 5.10 Å². The molecule has 1 aromatic rings. The minimum Gasteiger partial charge on any atom is -0.878 e. The van der Waals surface area contributed by atoms with E-state index in [-0.39, 0.29) is 35.3 Å². The quantitative estimate of drug-likeness (QED) is 0.244. The van der Waals surface area contributed by atoms with Crippen LogP contribution < -0.4 is 34.7 Å². The Balaban J connectivity index is 0.00000196. The van der Waals surface area contributed by atoms with E-state index in [1.165, 1.54) is 0 Å². The van der Waals surface area contributed by atoms with E-state index < -0.39 is 0 Å². The van der Waals surface area contributed by atoms with Crippen molar-refractivity contribution in [1.82, 2.24) is 9.78 Å². The van der Waals surface area contributed by atoms with Crippen LogP contribution in [0.25, 0.3) is 0 Å². The van der Waals surface area contributed by atoms with Crippen LogP contribution in [0.2, 0.25) is 0 Å². The van der Waals surface area contributed by atoms with Gasteiger partial charge in [0, 0.05) is 12.2 Å². The second-order valence-electron chi connectivity index (χ2n) is 3.03. The van der Waals surface area contributed by atoms with E-state index in [1.54, 1.807) is 11.6 Å². The van der Waals surface area contributed by atoms with E-state index in [0.717, 1.165) is 18.3 Å². The van der Waals surface area contributed by atoms with Gasteiger partial charge >= 0.3 is 29.6 Å². The summed E-state index contributed by atoms with van der Waals surface area (Å²) in [4.78, 5) is 11.5. The van der Waals surface area contributed by atoms with Gasteiger partial charge in [0.05, 0.1) is 11.3 Å². The molecule has 0 saturated heterocycles. The summed E-state index contributed by atoms with van der Waals surface area (Å²) in [5.74, 6) is -0.269. The second-order valence-corrected chi connectivity index (χ2v) is 3.03. The number of carbonyl (C=O) groups is 1. The van der Waals surface area contributed by atoms with Crippen LogP contribution in [-0.4, -0.2) is 15.6 Å². The van der Waals surface area contributed by atoms with Crippen molar-refractivity contribution in [2.75, 3.05) is 0 Å². The Hall–Kier alpha value is -0.580. The Morgan fingerprint density at radius 1 is 1.53 bits per heavy atom. The molecule has 0 amide bonds. The largest absolute Gasteiger partial charge is 1.00 e. The molecular formula is C10H13N2NaO2. The molecule has 1 rings (SSSR count). The van der Waals surface area contributed by atoms with Gasteiger partial charge in [0.15, 0.2) is 5.78 Å². The van der Waals surface area contributed by atoms with Crippen LogP contribution in [-0.2, 0) is 6.54 Å². The van der Waals surface area contributed by atoms with Gasteiger partial charge in [0.1, 0.15) is 0 Å². The molecule has 0 aliphatic carbocycles. The third-order valence-corrected chi connectivity index (χ3v) is 2.15. The number of hydrogen-bond acceptors (Lipinski definition) is 3. The van der Waals surface area contributed by atoms with E-state index >= 15 is 0 Å². The molecule has 0 N–H and O–H groups in total. The van der Waals surface area contributed by atoms with Crippen LogP contribution in [0.15, 0.2) is 12.3 Å². The third kappa shape index (κ3) is 2.93. The fourth-order valence-corrected chi connectivity index (χ4v) is 1.51. The topological polar surface area (TPSA) is 58.0 Å². The molecule has 0 saturated carbocycles. The maximum Gasteiger partial charge on any atom is 1.00 e. The third-order valence-electron chi connectivity index (χ3n) is 2.15. The molecule has 0 aliphatic heterocycles. The fraction of sp³-hybridized carbons (Fsp3) is 0.400.